The van der Waals surface area contributed by atoms with Crippen LogP contribution in [0.4, 0.5) is 0 Å². The first-order chi connectivity index (χ1) is 6.02. The summed E-state index contributed by atoms with van der Waals surface area (Å²) in [5.41, 5.74) is 6.61. The minimum Gasteiger partial charge on any atom is -0.321 e. The molecule has 1 unspecified atom stereocenters. The average molecular weight is 199 g/mol. The van der Waals surface area contributed by atoms with Crippen molar-refractivity contribution in [1.29, 1.82) is 0 Å². The lowest BCUT2D eigenvalue weighted by Gasteiger charge is -2.05. The molecule has 0 fully saturated rings. The number of carbonyl (C=O) groups is 1. The molecule has 0 bridgehead atoms. The van der Waals surface area contributed by atoms with Crippen molar-refractivity contribution in [2.24, 2.45) is 5.73 Å². The van der Waals surface area contributed by atoms with E-state index in [0.717, 1.165) is 5.69 Å². The first-order valence-electron chi connectivity index (χ1n) is 3.95. The molecule has 0 aromatic carbocycles. The van der Waals surface area contributed by atoms with Crippen LogP contribution in [0.15, 0.2) is 12.1 Å². The van der Waals surface area contributed by atoms with Crippen molar-refractivity contribution in [1.82, 2.24) is 4.98 Å². The maximum Gasteiger partial charge on any atom is 0.182 e. The van der Waals surface area contributed by atoms with Gasteiger partial charge in [0.2, 0.25) is 0 Å². The van der Waals surface area contributed by atoms with Crippen molar-refractivity contribution in [2.45, 2.75) is 19.9 Å². The molecular weight excluding hydrogens is 188 g/mol. The Morgan fingerprint density at radius 2 is 2.23 bits per heavy atom. The lowest BCUT2D eigenvalue weighted by atomic mass is 10.1. The Hall–Kier alpha value is -0.930. The minimum atomic E-state index is -0.540. The molecule has 13 heavy (non-hydrogen) atoms. The fraction of sp³-hybridized carbons (Fsp3) is 0.333. The van der Waals surface area contributed by atoms with Crippen molar-refractivity contribution in [3.8, 4) is 0 Å². The number of aromatic nitrogens is 1. The Labute approximate surface area is 81.9 Å². The second kappa shape index (κ2) is 3.85. The number of ketones is 1. The Kier molecular flexibility index (Phi) is 3.01. The molecule has 0 amide bonds. The van der Waals surface area contributed by atoms with E-state index in [2.05, 4.69) is 4.98 Å². The van der Waals surface area contributed by atoms with E-state index in [9.17, 15) is 4.79 Å². The molecule has 0 saturated carbocycles. The van der Waals surface area contributed by atoms with Crippen LogP contribution in [0.25, 0.3) is 0 Å². The molecule has 0 aliphatic rings. The number of Topliss-reactive ketones (excluding diaryl/α,β-unsaturated/α-hetero) is 1. The molecule has 2 N–H and O–H groups in total. The second-order valence-corrected chi connectivity index (χ2v) is 3.30. The first kappa shape index (κ1) is 10.2. The van der Waals surface area contributed by atoms with Crippen LogP contribution >= 0.6 is 11.6 Å². The van der Waals surface area contributed by atoms with Gasteiger partial charge in [-0.1, -0.05) is 11.6 Å². The molecule has 0 radical (unpaired) electrons. The standard InChI is InChI=1S/C9H11ClN2O/c1-5-3-4-7(9(10)12-5)8(13)6(2)11/h3-4,6H,11H2,1-2H3. The fourth-order valence-electron chi connectivity index (χ4n) is 0.954. The molecular formula is C9H11ClN2O. The second-order valence-electron chi connectivity index (χ2n) is 2.94. The zero-order valence-electron chi connectivity index (χ0n) is 7.54. The summed E-state index contributed by atoms with van der Waals surface area (Å²) >= 11 is 5.78. The largest absolute Gasteiger partial charge is 0.321 e. The Bertz CT molecular complexity index is 336. The molecule has 1 heterocycles. The molecule has 4 heteroatoms. The zero-order chi connectivity index (χ0) is 10.0. The number of hydrogen-bond acceptors (Lipinski definition) is 3. The third-order valence-corrected chi connectivity index (χ3v) is 1.96. The molecule has 3 nitrogen and oxygen atoms in total. The van der Waals surface area contributed by atoms with Gasteiger partial charge < -0.3 is 5.73 Å². The van der Waals surface area contributed by atoms with Crippen molar-refractivity contribution in [3.05, 3.63) is 28.5 Å². The van der Waals surface area contributed by atoms with Gasteiger partial charge in [0.05, 0.1) is 11.6 Å². The number of rotatable bonds is 2. The normalized spacial score (nSPS) is 12.6. The van der Waals surface area contributed by atoms with Gasteiger partial charge in [-0.25, -0.2) is 4.98 Å². The first-order valence-corrected chi connectivity index (χ1v) is 4.33. The third-order valence-electron chi connectivity index (χ3n) is 1.67. The van der Waals surface area contributed by atoms with Gasteiger partial charge in [0, 0.05) is 5.69 Å². The van der Waals surface area contributed by atoms with Crippen LogP contribution in [0.5, 0.6) is 0 Å². The summed E-state index contributed by atoms with van der Waals surface area (Å²) < 4.78 is 0. The molecule has 0 saturated heterocycles. The van der Waals surface area contributed by atoms with Crippen LogP contribution in [0.1, 0.15) is 23.0 Å². The van der Waals surface area contributed by atoms with Crippen molar-refractivity contribution in [3.63, 3.8) is 0 Å². The highest BCUT2D eigenvalue weighted by atomic mass is 35.5. The van der Waals surface area contributed by atoms with Gasteiger partial charge in [0.25, 0.3) is 0 Å². The minimum absolute atomic E-state index is 0.183. The Morgan fingerprint density at radius 1 is 1.62 bits per heavy atom. The van der Waals surface area contributed by atoms with Crippen molar-refractivity contribution in [2.75, 3.05) is 0 Å². The molecule has 0 aliphatic carbocycles. The summed E-state index contributed by atoms with van der Waals surface area (Å²) in [6.07, 6.45) is 0. The maximum absolute atomic E-state index is 11.4. The van der Waals surface area contributed by atoms with E-state index in [1.54, 1.807) is 19.1 Å². The molecule has 1 aromatic rings. The summed E-state index contributed by atoms with van der Waals surface area (Å²) in [4.78, 5) is 15.4. The van der Waals surface area contributed by atoms with Crippen LogP contribution in [-0.4, -0.2) is 16.8 Å². The molecule has 1 aromatic heterocycles. The maximum atomic E-state index is 11.4. The van der Waals surface area contributed by atoms with Gasteiger partial charge in [0.1, 0.15) is 5.15 Å². The zero-order valence-corrected chi connectivity index (χ0v) is 8.30. The quantitative estimate of drug-likeness (QED) is 0.580. The Balaban J connectivity index is 3.09. The highest BCUT2D eigenvalue weighted by Crippen LogP contribution is 2.14. The van der Waals surface area contributed by atoms with E-state index >= 15 is 0 Å². The van der Waals surface area contributed by atoms with Gasteiger partial charge >= 0.3 is 0 Å². The van der Waals surface area contributed by atoms with Crippen LogP contribution in [-0.2, 0) is 0 Å². The summed E-state index contributed by atoms with van der Waals surface area (Å²) in [6.45, 7) is 3.44. The summed E-state index contributed by atoms with van der Waals surface area (Å²) in [6, 6.07) is 2.85. The highest BCUT2D eigenvalue weighted by molar-refractivity contribution is 6.33. The van der Waals surface area contributed by atoms with Crippen LogP contribution in [0, 0.1) is 6.92 Å². The fourth-order valence-corrected chi connectivity index (χ4v) is 1.24. The van der Waals surface area contributed by atoms with Gasteiger partial charge in [-0.15, -0.1) is 0 Å². The van der Waals surface area contributed by atoms with E-state index < -0.39 is 6.04 Å². The van der Waals surface area contributed by atoms with E-state index in [0.29, 0.717) is 5.56 Å². The third kappa shape index (κ3) is 2.26. The van der Waals surface area contributed by atoms with Crippen LogP contribution in [0.3, 0.4) is 0 Å². The number of carbonyl (C=O) groups excluding carboxylic acids is 1. The molecule has 70 valence electrons. The summed E-state index contributed by atoms with van der Waals surface area (Å²) in [7, 11) is 0. The van der Waals surface area contributed by atoms with Crippen molar-refractivity contribution >= 4 is 17.4 Å². The number of aryl methyl sites for hydroxylation is 1. The number of nitrogens with two attached hydrogens (primary N) is 1. The van der Waals surface area contributed by atoms with Gasteiger partial charge in [0.15, 0.2) is 5.78 Å². The van der Waals surface area contributed by atoms with E-state index in [4.69, 9.17) is 17.3 Å². The van der Waals surface area contributed by atoms with E-state index in [1.807, 2.05) is 6.92 Å². The molecule has 1 atom stereocenters. The molecule has 0 spiro atoms. The number of nitrogens with zero attached hydrogens (tertiary/aromatic N) is 1. The smallest absolute Gasteiger partial charge is 0.182 e. The highest BCUT2D eigenvalue weighted by Gasteiger charge is 2.14. The molecule has 0 aliphatic heterocycles. The van der Waals surface area contributed by atoms with Gasteiger partial charge in [-0.05, 0) is 26.0 Å². The number of halogens is 1. The summed E-state index contributed by atoms with van der Waals surface area (Å²) in [5, 5.41) is 0.224. The van der Waals surface area contributed by atoms with E-state index in [1.165, 1.54) is 0 Å². The van der Waals surface area contributed by atoms with Crippen molar-refractivity contribution < 1.29 is 4.79 Å². The number of hydrogen-bond donors (Lipinski definition) is 1. The molecule has 1 rings (SSSR count). The lowest BCUT2D eigenvalue weighted by molar-refractivity contribution is 0.0968. The van der Waals surface area contributed by atoms with Gasteiger partial charge in [-0.3, -0.25) is 4.79 Å². The van der Waals surface area contributed by atoms with E-state index in [-0.39, 0.29) is 10.9 Å². The number of pyridine rings is 1. The lowest BCUT2D eigenvalue weighted by Crippen LogP contribution is -2.27. The monoisotopic (exact) mass is 198 g/mol. The van der Waals surface area contributed by atoms with Crippen LogP contribution in [0.2, 0.25) is 5.15 Å². The SMILES string of the molecule is Cc1ccc(C(=O)C(C)N)c(Cl)n1. The predicted octanol–water partition coefficient (Wildman–Crippen LogP) is 1.57. The summed E-state index contributed by atoms with van der Waals surface area (Å²) in [5.74, 6) is -0.183. The van der Waals surface area contributed by atoms with Gasteiger partial charge in [-0.2, -0.15) is 0 Å². The topological polar surface area (TPSA) is 56.0 Å². The van der Waals surface area contributed by atoms with Crippen LogP contribution < -0.4 is 5.73 Å². The predicted molar refractivity (Wildman–Crippen MR) is 52.0 cm³/mol. The average Bonchev–Trinajstić information content (AvgIpc) is 2.03. The Morgan fingerprint density at radius 3 is 2.69 bits per heavy atom.